The molecule has 0 saturated carbocycles. The van der Waals surface area contributed by atoms with E-state index in [1.807, 2.05) is 0 Å². The Kier molecular flexibility index (Phi) is 10.1. The monoisotopic (exact) mass is 460 g/mol. The molecular weight excluding hydrogens is 416 g/mol. The average molecular weight is 461 g/mol. The van der Waals surface area contributed by atoms with E-state index in [1.165, 1.54) is 23.2 Å². The van der Waals surface area contributed by atoms with E-state index in [2.05, 4.69) is 134 Å². The summed E-state index contributed by atoms with van der Waals surface area (Å²) in [6, 6.07) is 21.6. The first-order valence-electron chi connectivity index (χ1n) is 12.4. The van der Waals surface area contributed by atoms with Gasteiger partial charge in [0, 0.05) is 0 Å². The van der Waals surface area contributed by atoms with Crippen molar-refractivity contribution < 1.29 is 4.43 Å². The lowest BCUT2D eigenvalue weighted by atomic mass is 9.88. The first kappa shape index (κ1) is 27.1. The van der Waals surface area contributed by atoms with Gasteiger partial charge in [-0.1, -0.05) is 127 Å². The first-order valence-corrected chi connectivity index (χ1v) is 14.3. The minimum Gasteiger partial charge on any atom is -0.403 e. The van der Waals surface area contributed by atoms with Crippen molar-refractivity contribution in [1.82, 2.24) is 0 Å². The molecule has 2 rings (SSSR count). The fourth-order valence-corrected chi connectivity index (χ4v) is 9.05. The zero-order valence-corrected chi connectivity index (χ0v) is 22.7. The Morgan fingerprint density at radius 3 is 1.85 bits per heavy atom. The number of rotatable bonds is 12. The maximum atomic E-state index is 7.01. The van der Waals surface area contributed by atoms with Crippen LogP contribution in [0.1, 0.15) is 54.4 Å². The summed E-state index contributed by atoms with van der Waals surface area (Å²) in [4.78, 5) is 0. The SMILES string of the molecule is C=C[C@H](C)CC[C@H](/C=C/C(=C)CO[Si](c1ccccc1)(c1ccccc1)C(C)(C)C)C(C)C. The van der Waals surface area contributed by atoms with Crippen molar-refractivity contribution in [3.05, 3.63) is 97.6 Å². The van der Waals surface area contributed by atoms with Gasteiger partial charge in [-0.05, 0) is 51.6 Å². The summed E-state index contributed by atoms with van der Waals surface area (Å²) in [7, 11) is -2.53. The van der Waals surface area contributed by atoms with Gasteiger partial charge < -0.3 is 4.43 Å². The van der Waals surface area contributed by atoms with Crippen LogP contribution in [0.2, 0.25) is 5.04 Å². The van der Waals surface area contributed by atoms with Crippen LogP contribution < -0.4 is 10.4 Å². The number of hydrogen-bond donors (Lipinski definition) is 0. The van der Waals surface area contributed by atoms with Crippen LogP contribution in [0.25, 0.3) is 0 Å². The van der Waals surface area contributed by atoms with Gasteiger partial charge in [0.1, 0.15) is 0 Å². The molecule has 178 valence electrons. The summed E-state index contributed by atoms with van der Waals surface area (Å²) in [5, 5.41) is 2.58. The lowest BCUT2D eigenvalue weighted by Crippen LogP contribution is -2.66. The summed E-state index contributed by atoms with van der Waals surface area (Å²) in [6.45, 7) is 22.6. The Labute approximate surface area is 204 Å². The molecule has 0 bridgehead atoms. The molecule has 2 heteroatoms. The van der Waals surface area contributed by atoms with Gasteiger partial charge in [-0.25, -0.2) is 0 Å². The van der Waals surface area contributed by atoms with Crippen molar-refractivity contribution in [3.8, 4) is 0 Å². The van der Waals surface area contributed by atoms with E-state index in [1.54, 1.807) is 0 Å². The molecule has 2 aromatic rings. The van der Waals surface area contributed by atoms with Crippen LogP contribution in [-0.4, -0.2) is 14.9 Å². The molecule has 0 N–H and O–H groups in total. The van der Waals surface area contributed by atoms with Crippen LogP contribution in [0.15, 0.2) is 97.6 Å². The molecule has 2 atom stereocenters. The minimum atomic E-state index is -2.53. The molecular formula is C31H44OSi. The molecule has 0 aliphatic rings. The zero-order chi connectivity index (χ0) is 24.5. The van der Waals surface area contributed by atoms with E-state index in [0.717, 1.165) is 5.57 Å². The normalized spacial score (nSPS) is 14.4. The lowest BCUT2D eigenvalue weighted by molar-refractivity contribution is 0.332. The van der Waals surface area contributed by atoms with Crippen molar-refractivity contribution >= 4 is 18.7 Å². The van der Waals surface area contributed by atoms with Crippen molar-refractivity contribution in [2.75, 3.05) is 6.61 Å². The van der Waals surface area contributed by atoms with Gasteiger partial charge in [0.2, 0.25) is 0 Å². The maximum absolute atomic E-state index is 7.01. The largest absolute Gasteiger partial charge is 0.403 e. The summed E-state index contributed by atoms with van der Waals surface area (Å²) in [5.74, 6) is 1.70. The Balaban J connectivity index is 2.28. The molecule has 0 amide bonds. The molecule has 0 heterocycles. The third-order valence-corrected chi connectivity index (χ3v) is 11.7. The topological polar surface area (TPSA) is 9.23 Å². The highest BCUT2D eigenvalue weighted by Crippen LogP contribution is 2.37. The molecule has 0 aromatic heterocycles. The van der Waals surface area contributed by atoms with Gasteiger partial charge in [0.05, 0.1) is 6.61 Å². The molecule has 33 heavy (non-hydrogen) atoms. The van der Waals surface area contributed by atoms with Crippen LogP contribution in [0.3, 0.4) is 0 Å². The van der Waals surface area contributed by atoms with E-state index in [-0.39, 0.29) is 5.04 Å². The van der Waals surface area contributed by atoms with Gasteiger partial charge in [0.25, 0.3) is 8.32 Å². The average Bonchev–Trinajstić information content (AvgIpc) is 2.79. The fourth-order valence-electron chi connectivity index (χ4n) is 4.50. The Morgan fingerprint density at radius 2 is 1.42 bits per heavy atom. The molecule has 0 unspecified atom stereocenters. The summed E-state index contributed by atoms with van der Waals surface area (Å²) >= 11 is 0. The first-order chi connectivity index (χ1) is 15.6. The third kappa shape index (κ3) is 7.16. The van der Waals surface area contributed by atoms with Crippen LogP contribution in [-0.2, 0) is 4.43 Å². The quantitative estimate of drug-likeness (QED) is 0.180. The van der Waals surface area contributed by atoms with E-state index in [9.17, 15) is 0 Å². The molecule has 2 aromatic carbocycles. The smallest absolute Gasteiger partial charge is 0.261 e. The lowest BCUT2D eigenvalue weighted by Gasteiger charge is -2.43. The van der Waals surface area contributed by atoms with Crippen LogP contribution in [0, 0.1) is 17.8 Å². The van der Waals surface area contributed by atoms with E-state index in [4.69, 9.17) is 4.43 Å². The standard InChI is InChI=1S/C31H44OSi/c1-9-26(4)20-22-28(25(2)3)23-21-27(5)24-32-33(31(6,7)8,29-16-12-10-13-17-29)30-18-14-11-15-19-30/h9-19,21,23,25-26,28H,1,5,20,22,24H2,2-4,6-8H3/b23-21+/t26-,28+/m0/s1. The molecule has 0 radical (unpaired) electrons. The summed E-state index contributed by atoms with van der Waals surface area (Å²) in [5.41, 5.74) is 1.03. The predicted molar refractivity (Wildman–Crippen MR) is 149 cm³/mol. The van der Waals surface area contributed by atoms with Crippen LogP contribution in [0.4, 0.5) is 0 Å². The van der Waals surface area contributed by atoms with Gasteiger partial charge in [0.15, 0.2) is 0 Å². The molecule has 0 spiro atoms. The highest BCUT2D eigenvalue weighted by Gasteiger charge is 2.50. The van der Waals surface area contributed by atoms with E-state index >= 15 is 0 Å². The number of allylic oxidation sites excluding steroid dienone is 2. The summed E-state index contributed by atoms with van der Waals surface area (Å²) < 4.78 is 7.01. The van der Waals surface area contributed by atoms with Crippen LogP contribution >= 0.6 is 0 Å². The molecule has 0 aliphatic carbocycles. The van der Waals surface area contributed by atoms with Gasteiger partial charge >= 0.3 is 0 Å². The van der Waals surface area contributed by atoms with Crippen LogP contribution in [0.5, 0.6) is 0 Å². The molecule has 0 aliphatic heterocycles. The summed E-state index contributed by atoms with van der Waals surface area (Å²) in [6.07, 6.45) is 8.93. The van der Waals surface area contributed by atoms with Crippen molar-refractivity contribution in [3.63, 3.8) is 0 Å². The number of hydrogen-bond acceptors (Lipinski definition) is 1. The second-order valence-corrected chi connectivity index (χ2v) is 15.0. The van der Waals surface area contributed by atoms with Crippen molar-refractivity contribution in [1.29, 1.82) is 0 Å². The van der Waals surface area contributed by atoms with Crippen molar-refractivity contribution in [2.24, 2.45) is 17.8 Å². The highest BCUT2D eigenvalue weighted by atomic mass is 28.4. The van der Waals surface area contributed by atoms with Gasteiger partial charge in [-0.2, -0.15) is 0 Å². The molecule has 0 fully saturated rings. The second kappa shape index (κ2) is 12.3. The minimum absolute atomic E-state index is 0.0268. The Bertz CT molecular complexity index is 850. The molecule has 0 saturated heterocycles. The Morgan fingerprint density at radius 1 is 0.909 bits per heavy atom. The van der Waals surface area contributed by atoms with E-state index in [0.29, 0.717) is 24.4 Å². The fraction of sp³-hybridized carbons (Fsp3) is 0.419. The van der Waals surface area contributed by atoms with E-state index < -0.39 is 8.32 Å². The predicted octanol–water partition coefficient (Wildman–Crippen LogP) is 7.55. The zero-order valence-electron chi connectivity index (χ0n) is 21.7. The highest BCUT2D eigenvalue weighted by molar-refractivity contribution is 6.99. The third-order valence-electron chi connectivity index (χ3n) is 6.68. The molecule has 1 nitrogen and oxygen atoms in total. The van der Waals surface area contributed by atoms with Crippen molar-refractivity contribution in [2.45, 2.75) is 59.4 Å². The maximum Gasteiger partial charge on any atom is 0.261 e. The second-order valence-electron chi connectivity index (χ2n) is 10.7. The Hall–Kier alpha value is -2.16. The number of benzene rings is 2. The van der Waals surface area contributed by atoms with Gasteiger partial charge in [-0.3, -0.25) is 0 Å². The van der Waals surface area contributed by atoms with Gasteiger partial charge in [-0.15, -0.1) is 6.58 Å².